The van der Waals surface area contributed by atoms with Crippen molar-refractivity contribution in [1.29, 1.82) is 0 Å². The lowest BCUT2D eigenvalue weighted by atomic mass is 10.1. The van der Waals surface area contributed by atoms with Gasteiger partial charge in [0.1, 0.15) is 11.4 Å². The van der Waals surface area contributed by atoms with Crippen molar-refractivity contribution < 1.29 is 14.3 Å². The molecule has 0 saturated carbocycles. The van der Waals surface area contributed by atoms with Gasteiger partial charge in [0.2, 0.25) is 5.91 Å². The number of thioether (sulfide) groups is 1. The number of thiophene rings is 1. The van der Waals surface area contributed by atoms with Gasteiger partial charge < -0.3 is 14.8 Å². The van der Waals surface area contributed by atoms with Crippen LogP contribution in [0.2, 0.25) is 0 Å². The van der Waals surface area contributed by atoms with E-state index >= 15 is 0 Å². The number of nitrogens with zero attached hydrogens (tertiary/aromatic N) is 2. The second-order valence-electron chi connectivity index (χ2n) is 5.39. The minimum Gasteiger partial charge on any atom is -0.493 e. The second kappa shape index (κ2) is 8.86. The van der Waals surface area contributed by atoms with Gasteiger partial charge in [0, 0.05) is 6.54 Å². The van der Waals surface area contributed by atoms with Crippen LogP contribution in [0.3, 0.4) is 0 Å². The van der Waals surface area contributed by atoms with Crippen LogP contribution in [0.15, 0.2) is 41.0 Å². The number of hydrogen-bond acceptors (Lipinski definition) is 7. The van der Waals surface area contributed by atoms with Gasteiger partial charge >= 0.3 is 0 Å². The number of nitrogens with one attached hydrogen (secondary N) is 1. The molecule has 0 atom stereocenters. The number of fused-ring (bicyclic) bond motifs is 1. The lowest BCUT2D eigenvalue weighted by Crippen LogP contribution is -2.27. The fourth-order valence-electron chi connectivity index (χ4n) is 2.44. The summed E-state index contributed by atoms with van der Waals surface area (Å²) in [6, 6.07) is 7.72. The Hall–Kier alpha value is -2.32. The molecule has 0 aliphatic carbocycles. The van der Waals surface area contributed by atoms with Crippen molar-refractivity contribution in [3.63, 3.8) is 0 Å². The summed E-state index contributed by atoms with van der Waals surface area (Å²) in [7, 11) is 3.22. The van der Waals surface area contributed by atoms with Crippen molar-refractivity contribution in [2.45, 2.75) is 11.4 Å². The van der Waals surface area contributed by atoms with E-state index < -0.39 is 0 Å². The van der Waals surface area contributed by atoms with E-state index in [1.165, 1.54) is 18.1 Å². The van der Waals surface area contributed by atoms with Crippen LogP contribution in [-0.4, -0.2) is 42.4 Å². The quantitative estimate of drug-likeness (QED) is 0.471. The topological polar surface area (TPSA) is 73.3 Å². The average Bonchev–Trinajstić information content (AvgIpc) is 3.15. The predicted octanol–water partition coefficient (Wildman–Crippen LogP) is 3.16. The van der Waals surface area contributed by atoms with Gasteiger partial charge in [0.05, 0.1) is 30.2 Å². The van der Waals surface area contributed by atoms with Gasteiger partial charge in [-0.25, -0.2) is 9.97 Å². The van der Waals surface area contributed by atoms with Gasteiger partial charge in [0.25, 0.3) is 0 Å². The van der Waals surface area contributed by atoms with Crippen LogP contribution >= 0.6 is 23.1 Å². The molecule has 0 aliphatic rings. The Bertz CT molecular complexity index is 898. The standard InChI is InChI=1S/C18H19N3O3S2/c1-23-14-4-3-12(9-15(14)24-2)5-7-19-16(22)10-26-18-17-13(6-8-25-17)20-11-21-18/h3-4,6,8-9,11H,5,7,10H2,1-2H3,(H,19,22). The Labute approximate surface area is 160 Å². The zero-order chi connectivity index (χ0) is 18.4. The monoisotopic (exact) mass is 389 g/mol. The zero-order valence-electron chi connectivity index (χ0n) is 14.5. The molecular formula is C18H19N3O3S2. The molecule has 0 unspecified atom stereocenters. The van der Waals surface area contributed by atoms with Crippen LogP contribution in [0.25, 0.3) is 10.2 Å². The van der Waals surface area contributed by atoms with Gasteiger partial charge in [-0.15, -0.1) is 11.3 Å². The first kappa shape index (κ1) is 18.5. The fourth-order valence-corrected chi connectivity index (χ4v) is 4.21. The van der Waals surface area contributed by atoms with Crippen molar-refractivity contribution in [3.05, 3.63) is 41.5 Å². The Morgan fingerprint density at radius 1 is 1.19 bits per heavy atom. The maximum absolute atomic E-state index is 12.1. The molecule has 1 aromatic carbocycles. The molecule has 0 bridgehead atoms. The lowest BCUT2D eigenvalue weighted by molar-refractivity contribution is -0.118. The molecule has 8 heteroatoms. The summed E-state index contributed by atoms with van der Waals surface area (Å²) in [5, 5.41) is 5.76. The number of benzene rings is 1. The van der Waals surface area contributed by atoms with Crippen LogP contribution in [0.1, 0.15) is 5.56 Å². The van der Waals surface area contributed by atoms with Crippen LogP contribution in [0.5, 0.6) is 11.5 Å². The Morgan fingerprint density at radius 2 is 2.04 bits per heavy atom. The molecule has 3 aromatic rings. The van der Waals surface area contributed by atoms with Crippen LogP contribution in [0, 0.1) is 0 Å². The number of carbonyl (C=O) groups excluding carboxylic acids is 1. The number of carbonyl (C=O) groups is 1. The van der Waals surface area contributed by atoms with Gasteiger partial charge in [-0.05, 0) is 35.6 Å². The minimum absolute atomic E-state index is 0.0150. The molecule has 1 amide bonds. The molecule has 0 spiro atoms. The molecule has 1 N–H and O–H groups in total. The van der Waals surface area contributed by atoms with Gasteiger partial charge in [0.15, 0.2) is 11.5 Å². The smallest absolute Gasteiger partial charge is 0.230 e. The highest BCUT2D eigenvalue weighted by Crippen LogP contribution is 2.29. The third-order valence-electron chi connectivity index (χ3n) is 3.73. The number of amides is 1. The molecule has 136 valence electrons. The van der Waals surface area contributed by atoms with Crippen molar-refractivity contribution in [3.8, 4) is 11.5 Å². The number of ether oxygens (including phenoxy) is 2. The maximum atomic E-state index is 12.1. The Morgan fingerprint density at radius 3 is 2.85 bits per heavy atom. The molecule has 0 saturated heterocycles. The van der Waals surface area contributed by atoms with Gasteiger partial charge in [-0.1, -0.05) is 17.8 Å². The average molecular weight is 390 g/mol. The summed E-state index contributed by atoms with van der Waals surface area (Å²) in [5.74, 6) is 1.70. The van der Waals surface area contributed by atoms with Crippen molar-refractivity contribution >= 4 is 39.2 Å². The first-order valence-corrected chi connectivity index (χ1v) is 9.86. The Balaban J connectivity index is 1.48. The van der Waals surface area contributed by atoms with E-state index in [-0.39, 0.29) is 5.91 Å². The predicted molar refractivity (Wildman–Crippen MR) is 104 cm³/mol. The third-order valence-corrected chi connectivity index (χ3v) is 5.76. The fraction of sp³-hybridized carbons (Fsp3) is 0.278. The van der Waals surface area contributed by atoms with E-state index in [1.54, 1.807) is 25.6 Å². The summed E-state index contributed by atoms with van der Waals surface area (Å²) in [6.07, 6.45) is 2.26. The summed E-state index contributed by atoms with van der Waals surface area (Å²) in [5.41, 5.74) is 1.99. The lowest BCUT2D eigenvalue weighted by Gasteiger charge is -2.10. The maximum Gasteiger partial charge on any atom is 0.230 e. The number of aromatic nitrogens is 2. The van der Waals surface area contributed by atoms with Gasteiger partial charge in [-0.3, -0.25) is 4.79 Å². The number of rotatable bonds is 8. The molecule has 0 aliphatic heterocycles. The highest BCUT2D eigenvalue weighted by atomic mass is 32.2. The van der Waals surface area contributed by atoms with E-state index in [0.717, 1.165) is 27.2 Å². The number of methoxy groups -OCH3 is 2. The van der Waals surface area contributed by atoms with Gasteiger partial charge in [-0.2, -0.15) is 0 Å². The first-order valence-electron chi connectivity index (χ1n) is 8.00. The molecule has 3 rings (SSSR count). The summed E-state index contributed by atoms with van der Waals surface area (Å²) in [4.78, 5) is 20.6. The molecule has 0 fully saturated rings. The van der Waals surface area contributed by atoms with Crippen LogP contribution in [-0.2, 0) is 11.2 Å². The zero-order valence-corrected chi connectivity index (χ0v) is 16.2. The van der Waals surface area contributed by atoms with Crippen molar-refractivity contribution in [1.82, 2.24) is 15.3 Å². The van der Waals surface area contributed by atoms with Crippen molar-refractivity contribution in [2.24, 2.45) is 0 Å². The highest BCUT2D eigenvalue weighted by molar-refractivity contribution is 8.00. The molecular weight excluding hydrogens is 370 g/mol. The van der Waals surface area contributed by atoms with E-state index in [2.05, 4.69) is 15.3 Å². The van der Waals surface area contributed by atoms with E-state index in [1.807, 2.05) is 29.6 Å². The molecule has 26 heavy (non-hydrogen) atoms. The van der Waals surface area contributed by atoms with E-state index in [0.29, 0.717) is 23.8 Å². The van der Waals surface area contributed by atoms with Crippen LogP contribution in [0.4, 0.5) is 0 Å². The molecule has 0 radical (unpaired) electrons. The largest absolute Gasteiger partial charge is 0.493 e. The van der Waals surface area contributed by atoms with Crippen LogP contribution < -0.4 is 14.8 Å². The highest BCUT2D eigenvalue weighted by Gasteiger charge is 2.09. The molecule has 2 aromatic heterocycles. The molecule has 6 nitrogen and oxygen atoms in total. The third kappa shape index (κ3) is 4.44. The summed E-state index contributed by atoms with van der Waals surface area (Å²) < 4.78 is 11.5. The minimum atomic E-state index is -0.0150. The summed E-state index contributed by atoms with van der Waals surface area (Å²) in [6.45, 7) is 0.563. The first-order chi connectivity index (χ1) is 12.7. The normalized spacial score (nSPS) is 10.7. The van der Waals surface area contributed by atoms with E-state index in [9.17, 15) is 4.79 Å². The second-order valence-corrected chi connectivity index (χ2v) is 7.27. The van der Waals surface area contributed by atoms with E-state index in [4.69, 9.17) is 9.47 Å². The Kier molecular flexibility index (Phi) is 6.30. The molecule has 2 heterocycles. The number of hydrogen-bond donors (Lipinski definition) is 1. The SMILES string of the molecule is COc1ccc(CCNC(=O)CSc2ncnc3ccsc23)cc1OC. The van der Waals surface area contributed by atoms with Crippen molar-refractivity contribution in [2.75, 3.05) is 26.5 Å². The summed E-state index contributed by atoms with van der Waals surface area (Å²) >= 11 is 3.02.